The molecule has 2 N–H and O–H groups in total. The Morgan fingerprint density at radius 3 is 2.05 bits per heavy atom. The van der Waals surface area contributed by atoms with Gasteiger partial charge < -0.3 is 14.8 Å². The normalized spacial score (nSPS) is 11.4. The molecule has 4 rings (SSSR count). The van der Waals surface area contributed by atoms with Crippen LogP contribution in [0, 0.1) is 0 Å². The lowest BCUT2D eigenvalue weighted by Crippen LogP contribution is -2.29. The van der Waals surface area contributed by atoms with Crippen molar-refractivity contribution in [1.29, 1.82) is 0 Å². The van der Waals surface area contributed by atoms with Gasteiger partial charge in [0.1, 0.15) is 11.5 Å². The maximum Gasteiger partial charge on any atom is 0.262 e. The molecule has 13 heteroatoms. The fraction of sp³-hybridized carbons (Fsp3) is 0.138. The molecule has 0 aliphatic rings. The monoisotopic (exact) mass is 629 g/mol. The van der Waals surface area contributed by atoms with Crippen molar-refractivity contribution in [1.82, 2.24) is 0 Å². The predicted octanol–water partition coefficient (Wildman–Crippen LogP) is 5.38. The smallest absolute Gasteiger partial charge is 0.262 e. The Labute approximate surface area is 250 Å². The number of anilines is 3. The summed E-state index contributed by atoms with van der Waals surface area (Å²) in [5, 5.41) is 3.25. The topological polar surface area (TPSA) is 131 Å². The van der Waals surface area contributed by atoms with Crippen LogP contribution in [0.1, 0.15) is 15.9 Å². The summed E-state index contributed by atoms with van der Waals surface area (Å²) in [6.45, 7) is 0.0935. The highest BCUT2D eigenvalue weighted by Gasteiger charge is 2.20. The van der Waals surface area contributed by atoms with E-state index in [1.807, 2.05) is 0 Å². The van der Waals surface area contributed by atoms with Crippen LogP contribution in [0.15, 0.2) is 95.9 Å². The molecule has 0 saturated heterocycles. The van der Waals surface area contributed by atoms with Crippen molar-refractivity contribution < 1.29 is 31.1 Å². The van der Waals surface area contributed by atoms with Crippen molar-refractivity contribution in [3.05, 3.63) is 107 Å². The van der Waals surface area contributed by atoms with Crippen molar-refractivity contribution in [2.45, 2.75) is 11.4 Å². The Hall–Kier alpha value is -4.26. The molecule has 0 spiro atoms. The zero-order valence-electron chi connectivity index (χ0n) is 22.9. The molecule has 0 fully saturated rings. The summed E-state index contributed by atoms with van der Waals surface area (Å²) in [6.07, 6.45) is 1.11. The first-order chi connectivity index (χ1) is 19.9. The number of carbonyl (C=O) groups is 1. The molecule has 4 aromatic carbocycles. The van der Waals surface area contributed by atoms with Gasteiger partial charge in [-0.05, 0) is 78.4 Å². The van der Waals surface area contributed by atoms with Crippen LogP contribution < -0.4 is 23.8 Å². The zero-order valence-corrected chi connectivity index (χ0v) is 25.3. The number of rotatable bonds is 11. The Morgan fingerprint density at radius 1 is 0.833 bits per heavy atom. The minimum atomic E-state index is -3.98. The summed E-state index contributed by atoms with van der Waals surface area (Å²) >= 11 is 5.93. The molecule has 0 aliphatic heterocycles. The summed E-state index contributed by atoms with van der Waals surface area (Å²) in [4.78, 5) is 12.8. The summed E-state index contributed by atoms with van der Waals surface area (Å²) in [7, 11) is -4.70. The number of benzene rings is 4. The molecular weight excluding hydrogens is 602 g/mol. The van der Waals surface area contributed by atoms with Gasteiger partial charge in [0.25, 0.3) is 15.9 Å². The van der Waals surface area contributed by atoms with Crippen LogP contribution in [0.4, 0.5) is 17.1 Å². The number of methoxy groups -OCH3 is 2. The number of nitrogens with zero attached hydrogens (tertiary/aromatic N) is 1. The first-order valence-electron chi connectivity index (χ1n) is 12.4. The lowest BCUT2D eigenvalue weighted by Gasteiger charge is -2.23. The van der Waals surface area contributed by atoms with Gasteiger partial charge in [0.05, 0.1) is 43.3 Å². The van der Waals surface area contributed by atoms with E-state index >= 15 is 0 Å². The minimum Gasteiger partial charge on any atom is -0.497 e. The quantitative estimate of drug-likeness (QED) is 0.228. The Balaban J connectivity index is 1.45. The molecule has 0 unspecified atom stereocenters. The van der Waals surface area contributed by atoms with Gasteiger partial charge in [-0.1, -0.05) is 23.7 Å². The van der Waals surface area contributed by atoms with Crippen LogP contribution in [-0.4, -0.2) is 43.2 Å². The zero-order chi connectivity index (χ0) is 30.5. The standard InChI is InChI=1S/C29H28ClN3O7S2/c1-39-25-14-17-28(40-2)27(18-25)32-42(37,38)26-15-10-23(11-16-26)31-29(34)21-6-12-24(13-7-21)33(41(3,35)36)19-20-4-8-22(30)9-5-20/h4-18,32H,19H2,1-3H3,(H,31,34). The average Bonchev–Trinajstić information content (AvgIpc) is 2.96. The molecule has 10 nitrogen and oxygen atoms in total. The van der Waals surface area contributed by atoms with E-state index in [0.717, 1.165) is 11.8 Å². The molecule has 0 radical (unpaired) electrons. The van der Waals surface area contributed by atoms with E-state index in [1.165, 1.54) is 61.0 Å². The maximum atomic E-state index is 13.0. The Morgan fingerprint density at radius 2 is 1.48 bits per heavy atom. The SMILES string of the molecule is COc1ccc(OC)c(NS(=O)(=O)c2ccc(NC(=O)c3ccc(N(Cc4ccc(Cl)cc4)S(C)(=O)=O)cc3)cc2)c1. The van der Waals surface area contributed by atoms with Gasteiger partial charge >= 0.3 is 0 Å². The third-order valence-electron chi connectivity index (χ3n) is 6.13. The molecule has 0 saturated carbocycles. The molecule has 220 valence electrons. The second-order valence-electron chi connectivity index (χ2n) is 9.09. The molecule has 0 bridgehead atoms. The summed E-state index contributed by atoms with van der Waals surface area (Å²) < 4.78 is 65.0. The first kappa shape index (κ1) is 30.7. The molecule has 0 atom stereocenters. The molecule has 0 heterocycles. The number of sulfonamides is 2. The van der Waals surface area contributed by atoms with Crippen molar-refractivity contribution in [3.63, 3.8) is 0 Å². The van der Waals surface area contributed by atoms with E-state index < -0.39 is 26.0 Å². The molecule has 4 aromatic rings. The predicted molar refractivity (Wildman–Crippen MR) is 164 cm³/mol. The van der Waals surface area contributed by atoms with Gasteiger partial charge in [-0.2, -0.15) is 0 Å². The van der Waals surface area contributed by atoms with Gasteiger partial charge in [0, 0.05) is 22.3 Å². The molecule has 0 aliphatic carbocycles. The van der Waals surface area contributed by atoms with E-state index in [0.29, 0.717) is 27.9 Å². The molecule has 42 heavy (non-hydrogen) atoms. The number of amides is 1. The third kappa shape index (κ3) is 7.52. The van der Waals surface area contributed by atoms with Crippen molar-refractivity contribution in [2.24, 2.45) is 0 Å². The number of nitrogens with one attached hydrogen (secondary N) is 2. The molecular formula is C29H28ClN3O7S2. The van der Waals surface area contributed by atoms with Crippen molar-refractivity contribution in [2.75, 3.05) is 34.8 Å². The van der Waals surface area contributed by atoms with Crippen LogP contribution in [0.5, 0.6) is 11.5 Å². The Kier molecular flexibility index (Phi) is 9.30. The van der Waals surface area contributed by atoms with E-state index in [4.69, 9.17) is 21.1 Å². The van der Waals surface area contributed by atoms with Crippen LogP contribution >= 0.6 is 11.6 Å². The second kappa shape index (κ2) is 12.7. The van der Waals surface area contributed by atoms with E-state index in [2.05, 4.69) is 10.0 Å². The fourth-order valence-corrected chi connectivity index (χ4v) is 6.03. The van der Waals surface area contributed by atoms with Crippen LogP contribution in [0.25, 0.3) is 0 Å². The number of halogens is 1. The molecule has 0 aromatic heterocycles. The largest absolute Gasteiger partial charge is 0.497 e. The van der Waals surface area contributed by atoms with Gasteiger partial charge in [-0.15, -0.1) is 0 Å². The summed E-state index contributed by atoms with van der Waals surface area (Å²) in [5.41, 5.74) is 1.98. The highest BCUT2D eigenvalue weighted by molar-refractivity contribution is 7.92. The van der Waals surface area contributed by atoms with Gasteiger partial charge in [-0.3, -0.25) is 13.8 Å². The van der Waals surface area contributed by atoms with E-state index in [-0.39, 0.29) is 22.7 Å². The molecule has 1 amide bonds. The van der Waals surface area contributed by atoms with Crippen molar-refractivity contribution in [3.8, 4) is 11.5 Å². The summed E-state index contributed by atoms with van der Waals surface area (Å²) in [5.74, 6) is 0.309. The minimum absolute atomic E-state index is 0.0312. The second-order valence-corrected chi connectivity index (χ2v) is 13.1. The third-order valence-corrected chi connectivity index (χ3v) is 8.90. The van der Waals surface area contributed by atoms with E-state index in [1.54, 1.807) is 48.5 Å². The number of hydrogen-bond acceptors (Lipinski definition) is 7. The van der Waals surface area contributed by atoms with Gasteiger partial charge in [0.2, 0.25) is 10.0 Å². The van der Waals surface area contributed by atoms with Gasteiger partial charge in [-0.25, -0.2) is 16.8 Å². The highest BCUT2D eigenvalue weighted by atomic mass is 35.5. The number of ether oxygens (including phenoxy) is 2. The van der Waals surface area contributed by atoms with Crippen LogP contribution in [0.3, 0.4) is 0 Å². The number of carbonyl (C=O) groups excluding carboxylic acids is 1. The fourth-order valence-electron chi connectivity index (χ4n) is 3.95. The first-order valence-corrected chi connectivity index (χ1v) is 16.1. The van der Waals surface area contributed by atoms with E-state index in [9.17, 15) is 21.6 Å². The van der Waals surface area contributed by atoms with Gasteiger partial charge in [0.15, 0.2) is 0 Å². The highest BCUT2D eigenvalue weighted by Crippen LogP contribution is 2.31. The lowest BCUT2D eigenvalue weighted by atomic mass is 10.1. The summed E-state index contributed by atoms with van der Waals surface area (Å²) in [6, 6.07) is 23.3. The van der Waals surface area contributed by atoms with Crippen LogP contribution in [0.2, 0.25) is 5.02 Å². The average molecular weight is 630 g/mol. The maximum absolute atomic E-state index is 13.0. The van der Waals surface area contributed by atoms with Crippen molar-refractivity contribution >= 4 is 54.6 Å². The van der Waals surface area contributed by atoms with Crippen LogP contribution in [-0.2, 0) is 26.6 Å². The number of hydrogen-bond donors (Lipinski definition) is 2. The lowest BCUT2D eigenvalue weighted by molar-refractivity contribution is 0.102. The Bertz CT molecular complexity index is 1780.